The van der Waals surface area contributed by atoms with Crippen molar-refractivity contribution < 1.29 is 4.65 Å². The summed E-state index contributed by atoms with van der Waals surface area (Å²) in [4.78, 5) is 2.43. The van der Waals surface area contributed by atoms with Gasteiger partial charge in [0.2, 0.25) is 0 Å². The van der Waals surface area contributed by atoms with Crippen molar-refractivity contribution >= 4 is 7.05 Å². The fourth-order valence-electron chi connectivity index (χ4n) is 2.99. The first-order valence-corrected chi connectivity index (χ1v) is 7.84. The molecule has 0 aromatic heterocycles. The average Bonchev–Trinajstić information content (AvgIpc) is 3.09. The lowest BCUT2D eigenvalue weighted by atomic mass is 9.83. The van der Waals surface area contributed by atoms with Gasteiger partial charge in [-0.05, 0) is 43.9 Å². The molecule has 0 atom stereocenters. The Morgan fingerprint density at radius 2 is 1.33 bits per heavy atom. The molecule has 1 aliphatic rings. The molecule has 0 bridgehead atoms. The van der Waals surface area contributed by atoms with Gasteiger partial charge in [0.1, 0.15) is 0 Å². The molecular weight excluding hydrogens is 257 g/mol. The highest BCUT2D eigenvalue weighted by atomic mass is 16.5. The Kier molecular flexibility index (Phi) is 4.74. The van der Waals surface area contributed by atoms with Crippen molar-refractivity contribution in [2.24, 2.45) is 0 Å². The van der Waals surface area contributed by atoms with Crippen LogP contribution in [0.5, 0.6) is 0 Å². The maximum absolute atomic E-state index is 6.43. The van der Waals surface area contributed by atoms with E-state index in [1.807, 2.05) is 0 Å². The Balaban J connectivity index is 1.82. The van der Waals surface area contributed by atoms with Crippen LogP contribution >= 0.6 is 0 Å². The average molecular weight is 279 g/mol. The molecule has 1 heterocycles. The SMILES string of the molecule is CB(OC(c1ccccc1)c1ccccc1)N1CCCC1. The predicted molar refractivity (Wildman–Crippen MR) is 88.2 cm³/mol. The Morgan fingerprint density at radius 3 is 1.81 bits per heavy atom. The van der Waals surface area contributed by atoms with E-state index in [1.165, 1.54) is 24.0 Å². The van der Waals surface area contributed by atoms with Gasteiger partial charge in [0.05, 0.1) is 6.10 Å². The van der Waals surface area contributed by atoms with E-state index in [-0.39, 0.29) is 13.2 Å². The van der Waals surface area contributed by atoms with Crippen LogP contribution in [-0.2, 0) is 4.65 Å². The van der Waals surface area contributed by atoms with Crippen LogP contribution in [0.2, 0.25) is 6.82 Å². The van der Waals surface area contributed by atoms with Crippen LogP contribution in [0.1, 0.15) is 30.1 Å². The Hall–Kier alpha value is -1.58. The van der Waals surface area contributed by atoms with Crippen LogP contribution in [0.4, 0.5) is 0 Å². The second kappa shape index (κ2) is 6.92. The van der Waals surface area contributed by atoms with Crippen molar-refractivity contribution in [3.8, 4) is 0 Å². The van der Waals surface area contributed by atoms with E-state index < -0.39 is 0 Å². The van der Waals surface area contributed by atoms with Crippen molar-refractivity contribution in [1.82, 2.24) is 4.81 Å². The molecule has 2 nitrogen and oxygen atoms in total. The zero-order valence-corrected chi connectivity index (χ0v) is 12.6. The third kappa shape index (κ3) is 3.55. The fraction of sp³-hybridized carbons (Fsp3) is 0.333. The quantitative estimate of drug-likeness (QED) is 0.767. The lowest BCUT2D eigenvalue weighted by Crippen LogP contribution is -2.38. The second-order valence-electron chi connectivity index (χ2n) is 5.68. The van der Waals surface area contributed by atoms with Crippen molar-refractivity contribution in [3.05, 3.63) is 71.8 Å². The molecule has 0 N–H and O–H groups in total. The van der Waals surface area contributed by atoms with Crippen molar-refractivity contribution in [2.45, 2.75) is 25.8 Å². The molecule has 0 radical (unpaired) electrons. The van der Waals surface area contributed by atoms with E-state index in [2.05, 4.69) is 72.3 Å². The minimum atomic E-state index is 0.00278. The van der Waals surface area contributed by atoms with Gasteiger partial charge in [-0.3, -0.25) is 0 Å². The van der Waals surface area contributed by atoms with Gasteiger partial charge in [0.25, 0.3) is 0 Å². The third-order valence-corrected chi connectivity index (χ3v) is 4.19. The van der Waals surface area contributed by atoms with Gasteiger partial charge in [0.15, 0.2) is 0 Å². The molecular formula is C18H22BNO. The maximum atomic E-state index is 6.43. The smallest absolute Gasteiger partial charge is 0.379 e. The van der Waals surface area contributed by atoms with Gasteiger partial charge in [-0.1, -0.05) is 60.7 Å². The molecule has 21 heavy (non-hydrogen) atoms. The Morgan fingerprint density at radius 1 is 0.857 bits per heavy atom. The first kappa shape index (κ1) is 14.4. The van der Waals surface area contributed by atoms with E-state index >= 15 is 0 Å². The molecule has 1 saturated heterocycles. The van der Waals surface area contributed by atoms with Crippen LogP contribution in [0.25, 0.3) is 0 Å². The Bertz CT molecular complexity index is 500. The Labute approximate surface area is 127 Å². The number of hydrogen-bond acceptors (Lipinski definition) is 2. The van der Waals surface area contributed by atoms with Crippen LogP contribution in [0.15, 0.2) is 60.7 Å². The highest BCUT2D eigenvalue weighted by Gasteiger charge is 2.27. The highest BCUT2D eigenvalue weighted by Crippen LogP contribution is 2.27. The summed E-state index contributed by atoms with van der Waals surface area (Å²) in [7, 11) is 0.151. The zero-order chi connectivity index (χ0) is 14.5. The van der Waals surface area contributed by atoms with E-state index in [0.717, 1.165) is 13.1 Å². The van der Waals surface area contributed by atoms with Crippen LogP contribution < -0.4 is 0 Å². The molecule has 0 unspecified atom stereocenters. The topological polar surface area (TPSA) is 12.5 Å². The van der Waals surface area contributed by atoms with E-state index in [0.29, 0.717) is 0 Å². The summed E-state index contributed by atoms with van der Waals surface area (Å²) in [5.41, 5.74) is 2.43. The second-order valence-corrected chi connectivity index (χ2v) is 5.68. The minimum Gasteiger partial charge on any atom is -0.410 e. The molecule has 1 fully saturated rings. The van der Waals surface area contributed by atoms with Crippen LogP contribution in [0, 0.1) is 0 Å². The van der Waals surface area contributed by atoms with Crippen LogP contribution in [0.3, 0.4) is 0 Å². The molecule has 0 spiro atoms. The van der Waals surface area contributed by atoms with Gasteiger partial charge in [-0.25, -0.2) is 0 Å². The number of nitrogens with zero attached hydrogens (tertiary/aromatic N) is 1. The first-order chi connectivity index (χ1) is 10.3. The highest BCUT2D eigenvalue weighted by molar-refractivity contribution is 6.47. The normalized spacial score (nSPS) is 15.5. The van der Waals surface area contributed by atoms with Gasteiger partial charge in [-0.2, -0.15) is 0 Å². The van der Waals surface area contributed by atoms with Crippen LogP contribution in [-0.4, -0.2) is 25.0 Å². The molecule has 2 aromatic rings. The van der Waals surface area contributed by atoms with E-state index in [1.54, 1.807) is 0 Å². The molecule has 3 rings (SSSR count). The molecule has 0 aliphatic carbocycles. The molecule has 1 aliphatic heterocycles. The maximum Gasteiger partial charge on any atom is 0.379 e. The first-order valence-electron chi connectivity index (χ1n) is 7.84. The van der Waals surface area contributed by atoms with E-state index in [9.17, 15) is 0 Å². The lowest BCUT2D eigenvalue weighted by molar-refractivity contribution is 0.217. The molecule has 2 aromatic carbocycles. The summed E-state index contributed by atoms with van der Waals surface area (Å²) in [5.74, 6) is 0. The summed E-state index contributed by atoms with van der Waals surface area (Å²) in [5, 5.41) is 0. The summed E-state index contributed by atoms with van der Waals surface area (Å²) in [6.07, 6.45) is 2.58. The summed E-state index contributed by atoms with van der Waals surface area (Å²) < 4.78 is 6.43. The summed E-state index contributed by atoms with van der Waals surface area (Å²) in [6, 6.07) is 21.0. The van der Waals surface area contributed by atoms with Gasteiger partial charge in [0, 0.05) is 0 Å². The summed E-state index contributed by atoms with van der Waals surface area (Å²) in [6.45, 7) is 4.47. The third-order valence-electron chi connectivity index (χ3n) is 4.19. The standard InChI is InChI=1S/C18H22BNO/c1-19(20-14-8-9-15-20)21-18(16-10-4-2-5-11-16)17-12-6-3-7-13-17/h2-7,10-13,18H,8-9,14-15H2,1H3. The fourth-order valence-corrected chi connectivity index (χ4v) is 2.99. The molecule has 108 valence electrons. The van der Waals surface area contributed by atoms with Crippen molar-refractivity contribution in [2.75, 3.05) is 13.1 Å². The number of hydrogen-bond donors (Lipinski definition) is 0. The van der Waals surface area contributed by atoms with Gasteiger partial charge in [-0.15, -0.1) is 0 Å². The molecule has 0 amide bonds. The van der Waals surface area contributed by atoms with Gasteiger partial charge < -0.3 is 9.47 Å². The van der Waals surface area contributed by atoms with Gasteiger partial charge >= 0.3 is 7.05 Å². The van der Waals surface area contributed by atoms with Crippen molar-refractivity contribution in [3.63, 3.8) is 0 Å². The number of rotatable bonds is 5. The predicted octanol–water partition coefficient (Wildman–Crippen LogP) is 4.01. The number of benzene rings is 2. The molecule has 0 saturated carbocycles. The lowest BCUT2D eigenvalue weighted by Gasteiger charge is -2.27. The summed E-state index contributed by atoms with van der Waals surface area (Å²) >= 11 is 0. The molecule has 3 heteroatoms. The zero-order valence-electron chi connectivity index (χ0n) is 12.6. The monoisotopic (exact) mass is 279 g/mol. The largest absolute Gasteiger partial charge is 0.410 e. The van der Waals surface area contributed by atoms with Crippen molar-refractivity contribution in [1.29, 1.82) is 0 Å². The minimum absolute atomic E-state index is 0.00278. The van der Waals surface area contributed by atoms with E-state index in [4.69, 9.17) is 4.65 Å².